The Hall–Kier alpha value is -1.33. The summed E-state index contributed by atoms with van der Waals surface area (Å²) in [6, 6.07) is 4.23. The van der Waals surface area contributed by atoms with E-state index in [-0.39, 0.29) is 23.6 Å². The van der Waals surface area contributed by atoms with Crippen molar-refractivity contribution in [2.45, 2.75) is 37.8 Å². The van der Waals surface area contributed by atoms with Gasteiger partial charge < -0.3 is 10.5 Å². The Balaban J connectivity index is 2.21. The Bertz CT molecular complexity index is 453. The van der Waals surface area contributed by atoms with E-state index in [4.69, 9.17) is 22.1 Å². The molecular weight excluding hydrogens is 256 g/mol. The van der Waals surface area contributed by atoms with Gasteiger partial charge in [0.15, 0.2) is 5.75 Å². The lowest BCUT2D eigenvalue weighted by Gasteiger charge is -2.28. The molecule has 5 nitrogen and oxygen atoms in total. The summed E-state index contributed by atoms with van der Waals surface area (Å²) in [5.41, 5.74) is 5.89. The van der Waals surface area contributed by atoms with Crippen molar-refractivity contribution >= 4 is 17.3 Å². The van der Waals surface area contributed by atoms with Gasteiger partial charge in [-0.3, -0.25) is 10.1 Å². The van der Waals surface area contributed by atoms with Crippen LogP contribution in [0, 0.1) is 10.1 Å². The van der Waals surface area contributed by atoms with Crippen LogP contribution in [0.5, 0.6) is 5.75 Å². The lowest BCUT2D eigenvalue weighted by molar-refractivity contribution is -0.386. The number of hydrogen-bond acceptors (Lipinski definition) is 4. The highest BCUT2D eigenvalue weighted by molar-refractivity contribution is 6.30. The van der Waals surface area contributed by atoms with Crippen molar-refractivity contribution in [3.05, 3.63) is 33.3 Å². The molecule has 2 unspecified atom stereocenters. The number of nitrogens with zero attached hydrogens (tertiary/aromatic N) is 1. The summed E-state index contributed by atoms with van der Waals surface area (Å²) >= 11 is 5.84. The van der Waals surface area contributed by atoms with Crippen molar-refractivity contribution in [2.75, 3.05) is 0 Å². The fraction of sp³-hybridized carbons (Fsp3) is 0.500. The molecule has 2 rings (SSSR count). The van der Waals surface area contributed by atoms with Gasteiger partial charge in [-0.1, -0.05) is 18.0 Å². The molecule has 0 amide bonds. The summed E-state index contributed by atoms with van der Waals surface area (Å²) in [5, 5.41) is 11.3. The minimum absolute atomic E-state index is 0.0719. The smallest absolute Gasteiger partial charge is 0.311 e. The Kier molecular flexibility index (Phi) is 4.04. The molecule has 2 N–H and O–H groups in total. The monoisotopic (exact) mass is 270 g/mol. The molecule has 1 aliphatic rings. The molecule has 18 heavy (non-hydrogen) atoms. The van der Waals surface area contributed by atoms with Crippen LogP contribution in [0.2, 0.25) is 5.02 Å². The van der Waals surface area contributed by atoms with Gasteiger partial charge in [0.1, 0.15) is 6.10 Å². The van der Waals surface area contributed by atoms with Crippen molar-refractivity contribution in [1.29, 1.82) is 0 Å². The Morgan fingerprint density at radius 3 is 2.78 bits per heavy atom. The van der Waals surface area contributed by atoms with Gasteiger partial charge in [-0.05, 0) is 25.3 Å². The molecule has 0 aliphatic heterocycles. The number of nitrogens with two attached hydrogens (primary N) is 1. The second-order valence-electron chi connectivity index (χ2n) is 4.47. The van der Waals surface area contributed by atoms with Gasteiger partial charge in [-0.25, -0.2) is 0 Å². The third-order valence-corrected chi connectivity index (χ3v) is 3.39. The third-order valence-electron chi connectivity index (χ3n) is 3.15. The second-order valence-corrected chi connectivity index (χ2v) is 4.91. The number of hydrogen-bond donors (Lipinski definition) is 1. The number of halogens is 1. The molecule has 0 bridgehead atoms. The second kappa shape index (κ2) is 5.54. The minimum Gasteiger partial charge on any atom is -0.482 e. The van der Waals surface area contributed by atoms with Crippen molar-refractivity contribution in [2.24, 2.45) is 5.73 Å². The Morgan fingerprint density at radius 2 is 2.11 bits per heavy atom. The normalized spacial score (nSPS) is 23.7. The SMILES string of the molecule is NC1CCCCC1Oc1cc(Cl)ccc1[N+](=O)[O-]. The fourth-order valence-corrected chi connectivity index (χ4v) is 2.33. The maximum absolute atomic E-state index is 10.9. The molecule has 0 saturated heterocycles. The maximum atomic E-state index is 10.9. The first-order valence-electron chi connectivity index (χ1n) is 5.94. The van der Waals surface area contributed by atoms with Gasteiger partial charge in [0.05, 0.1) is 4.92 Å². The van der Waals surface area contributed by atoms with E-state index in [1.54, 1.807) is 0 Å². The molecule has 6 heteroatoms. The summed E-state index contributed by atoms with van der Waals surface area (Å²) < 4.78 is 5.69. The van der Waals surface area contributed by atoms with Crippen LogP contribution in [0.25, 0.3) is 0 Å². The molecule has 98 valence electrons. The molecule has 0 spiro atoms. The lowest BCUT2D eigenvalue weighted by Crippen LogP contribution is -2.41. The third kappa shape index (κ3) is 2.91. The number of benzene rings is 1. The van der Waals surface area contributed by atoms with Crippen LogP contribution in [0.4, 0.5) is 5.69 Å². The first kappa shape index (κ1) is 13.1. The summed E-state index contributed by atoms with van der Waals surface area (Å²) in [4.78, 5) is 10.4. The van der Waals surface area contributed by atoms with E-state index in [1.165, 1.54) is 18.2 Å². The first-order valence-corrected chi connectivity index (χ1v) is 6.32. The standard InChI is InChI=1S/C12H15ClN2O3/c13-8-5-6-10(15(16)17)12(7-8)18-11-4-2-1-3-9(11)14/h5-7,9,11H,1-4,14H2. The van der Waals surface area contributed by atoms with Crippen LogP contribution in [-0.4, -0.2) is 17.1 Å². The van der Waals surface area contributed by atoms with Crippen molar-refractivity contribution in [3.63, 3.8) is 0 Å². The van der Waals surface area contributed by atoms with E-state index in [0.717, 1.165) is 25.7 Å². The van der Waals surface area contributed by atoms with E-state index in [2.05, 4.69) is 0 Å². The van der Waals surface area contributed by atoms with E-state index >= 15 is 0 Å². The molecule has 1 saturated carbocycles. The number of ether oxygens (including phenoxy) is 1. The number of nitro benzene ring substituents is 1. The largest absolute Gasteiger partial charge is 0.482 e. The molecular formula is C12H15ClN2O3. The van der Waals surface area contributed by atoms with Crippen molar-refractivity contribution in [3.8, 4) is 5.75 Å². The number of nitro groups is 1. The zero-order valence-corrected chi connectivity index (χ0v) is 10.6. The van der Waals surface area contributed by atoms with Gasteiger partial charge in [0.25, 0.3) is 0 Å². The van der Waals surface area contributed by atoms with Gasteiger partial charge >= 0.3 is 5.69 Å². The average molecular weight is 271 g/mol. The van der Waals surface area contributed by atoms with Gasteiger partial charge in [-0.15, -0.1) is 0 Å². The molecule has 0 aromatic heterocycles. The maximum Gasteiger partial charge on any atom is 0.311 e. The molecule has 2 atom stereocenters. The van der Waals surface area contributed by atoms with E-state index < -0.39 is 4.92 Å². The molecule has 1 aliphatic carbocycles. The highest BCUT2D eigenvalue weighted by atomic mass is 35.5. The highest BCUT2D eigenvalue weighted by Gasteiger charge is 2.26. The van der Waals surface area contributed by atoms with Crippen molar-refractivity contribution < 1.29 is 9.66 Å². The minimum atomic E-state index is -0.472. The van der Waals surface area contributed by atoms with Gasteiger partial charge in [0.2, 0.25) is 0 Å². The van der Waals surface area contributed by atoms with E-state index in [1.807, 2.05) is 0 Å². The summed E-state index contributed by atoms with van der Waals surface area (Å²) in [6.07, 6.45) is 3.66. The predicted octanol–water partition coefficient (Wildman–Crippen LogP) is 2.90. The summed E-state index contributed by atoms with van der Waals surface area (Å²) in [6.45, 7) is 0. The van der Waals surface area contributed by atoms with Crippen LogP contribution < -0.4 is 10.5 Å². The van der Waals surface area contributed by atoms with Crippen LogP contribution in [-0.2, 0) is 0 Å². The summed E-state index contributed by atoms with van der Waals surface area (Å²) in [5.74, 6) is 0.204. The average Bonchev–Trinajstić information content (AvgIpc) is 2.32. The van der Waals surface area contributed by atoms with Gasteiger partial charge in [0, 0.05) is 23.2 Å². The van der Waals surface area contributed by atoms with Crippen molar-refractivity contribution in [1.82, 2.24) is 0 Å². The molecule has 1 aromatic carbocycles. The van der Waals surface area contributed by atoms with Crippen LogP contribution >= 0.6 is 11.6 Å². The zero-order chi connectivity index (χ0) is 13.1. The molecule has 0 heterocycles. The molecule has 1 aromatic rings. The number of rotatable bonds is 3. The van der Waals surface area contributed by atoms with E-state index in [9.17, 15) is 10.1 Å². The lowest BCUT2D eigenvalue weighted by atomic mass is 9.93. The van der Waals surface area contributed by atoms with Crippen LogP contribution in [0.3, 0.4) is 0 Å². The highest BCUT2D eigenvalue weighted by Crippen LogP contribution is 2.32. The van der Waals surface area contributed by atoms with Crippen LogP contribution in [0.15, 0.2) is 18.2 Å². The summed E-state index contributed by atoms with van der Waals surface area (Å²) in [7, 11) is 0. The first-order chi connectivity index (χ1) is 8.58. The zero-order valence-electron chi connectivity index (χ0n) is 9.84. The predicted molar refractivity (Wildman–Crippen MR) is 69.0 cm³/mol. The van der Waals surface area contributed by atoms with Crippen LogP contribution in [0.1, 0.15) is 25.7 Å². The Labute approximate surface area is 110 Å². The topological polar surface area (TPSA) is 78.4 Å². The Morgan fingerprint density at radius 1 is 1.39 bits per heavy atom. The molecule has 1 fully saturated rings. The fourth-order valence-electron chi connectivity index (χ4n) is 2.17. The quantitative estimate of drug-likeness (QED) is 0.677. The van der Waals surface area contributed by atoms with E-state index in [0.29, 0.717) is 5.02 Å². The van der Waals surface area contributed by atoms with Gasteiger partial charge in [-0.2, -0.15) is 0 Å². The molecule has 0 radical (unpaired) electrons.